The number of hydrogen-bond acceptors (Lipinski definition) is 9. The van der Waals surface area contributed by atoms with Crippen LogP contribution >= 0.6 is 0 Å². The van der Waals surface area contributed by atoms with E-state index in [1.165, 1.54) is 0 Å². The summed E-state index contributed by atoms with van der Waals surface area (Å²) in [5.74, 6) is 0.711. The van der Waals surface area contributed by atoms with Crippen molar-refractivity contribution in [2.24, 2.45) is 0 Å². The molecule has 3 heterocycles. The smallest absolute Gasteiger partial charge is 0.404 e. The summed E-state index contributed by atoms with van der Waals surface area (Å²) in [6.07, 6.45) is -0.637. The number of carboxylic acid groups (broad SMARTS) is 1. The van der Waals surface area contributed by atoms with Crippen molar-refractivity contribution in [1.29, 1.82) is 0 Å². The van der Waals surface area contributed by atoms with Crippen LogP contribution in [-0.4, -0.2) is 90.8 Å². The van der Waals surface area contributed by atoms with Crippen LogP contribution in [-0.2, 0) is 4.79 Å². The lowest BCUT2D eigenvalue weighted by Gasteiger charge is -2.22. The van der Waals surface area contributed by atoms with Gasteiger partial charge in [0.25, 0.3) is 0 Å². The third-order valence-corrected chi connectivity index (χ3v) is 8.76. The molecular weight excluding hydrogens is 576 g/mol. The minimum absolute atomic E-state index is 0.00798. The number of carbonyl (C=O) groups excluding carboxylic acids is 1. The molecule has 6 N–H and O–H groups in total. The largest absolute Gasteiger partial charge is 0.465 e. The zero-order valence-electron chi connectivity index (χ0n) is 25.0. The van der Waals surface area contributed by atoms with Crippen LogP contribution in [0.1, 0.15) is 49.3 Å². The zero-order valence-corrected chi connectivity index (χ0v) is 25.0. The Morgan fingerprint density at radius 1 is 0.978 bits per heavy atom. The van der Waals surface area contributed by atoms with Gasteiger partial charge in [-0.05, 0) is 24.0 Å². The third kappa shape index (κ3) is 6.40. The van der Waals surface area contributed by atoms with E-state index in [9.17, 15) is 24.9 Å². The van der Waals surface area contributed by atoms with E-state index in [0.717, 1.165) is 11.1 Å². The monoisotopic (exact) mass is 614 g/mol. The average molecular weight is 615 g/mol. The van der Waals surface area contributed by atoms with Crippen molar-refractivity contribution in [1.82, 2.24) is 30.2 Å². The first kappa shape index (κ1) is 30.3. The molecule has 2 aliphatic rings. The molecule has 2 aromatic carbocycles. The fraction of sp³-hybridized carbons (Fsp3) is 0.406. The summed E-state index contributed by atoms with van der Waals surface area (Å²) in [5.41, 5.74) is 3.24. The highest BCUT2D eigenvalue weighted by Gasteiger charge is 2.44. The zero-order chi connectivity index (χ0) is 31.5. The highest BCUT2D eigenvalue weighted by Crippen LogP contribution is 2.35. The first-order valence-corrected chi connectivity index (χ1v) is 15.3. The van der Waals surface area contributed by atoms with E-state index in [2.05, 4.69) is 45.2 Å². The van der Waals surface area contributed by atoms with Gasteiger partial charge in [-0.1, -0.05) is 67.6 Å². The second-order valence-electron chi connectivity index (χ2n) is 11.6. The minimum atomic E-state index is -1.16. The second-order valence-corrected chi connectivity index (χ2v) is 11.6. The van der Waals surface area contributed by atoms with Gasteiger partial charge in [0.1, 0.15) is 12.2 Å². The molecule has 0 bridgehead atoms. The number of amides is 2. The van der Waals surface area contributed by atoms with Crippen molar-refractivity contribution in [2.45, 2.75) is 62.4 Å². The van der Waals surface area contributed by atoms with Crippen molar-refractivity contribution in [3.8, 4) is 0 Å². The topological polar surface area (TPSA) is 178 Å². The Hall–Kier alpha value is -4.75. The van der Waals surface area contributed by atoms with Crippen LogP contribution in [0.2, 0.25) is 0 Å². The summed E-state index contributed by atoms with van der Waals surface area (Å²) in [6, 6.07) is 18.9. The molecule has 0 radical (unpaired) electrons. The lowest BCUT2D eigenvalue weighted by atomic mass is 9.91. The predicted octanol–water partition coefficient (Wildman–Crippen LogP) is 2.48. The number of nitrogens with one attached hydrogen (secondary N) is 3. The predicted molar refractivity (Wildman–Crippen MR) is 168 cm³/mol. The van der Waals surface area contributed by atoms with Crippen molar-refractivity contribution < 1.29 is 24.9 Å². The van der Waals surface area contributed by atoms with E-state index < -0.39 is 30.4 Å². The first-order valence-electron chi connectivity index (χ1n) is 15.3. The summed E-state index contributed by atoms with van der Waals surface area (Å²) in [5, 5.41) is 40.0. The highest BCUT2D eigenvalue weighted by atomic mass is 16.4. The van der Waals surface area contributed by atoms with Crippen LogP contribution in [0.25, 0.3) is 11.2 Å². The van der Waals surface area contributed by atoms with Gasteiger partial charge in [0, 0.05) is 32.0 Å². The maximum Gasteiger partial charge on any atom is 0.404 e. The Morgan fingerprint density at radius 3 is 2.31 bits per heavy atom. The van der Waals surface area contributed by atoms with E-state index >= 15 is 0 Å². The van der Waals surface area contributed by atoms with Crippen LogP contribution in [0.4, 0.5) is 16.6 Å². The molecule has 6 rings (SSSR count). The van der Waals surface area contributed by atoms with E-state index in [0.29, 0.717) is 55.4 Å². The van der Waals surface area contributed by atoms with Crippen LogP contribution in [0, 0.1) is 0 Å². The second kappa shape index (κ2) is 13.1. The first-order chi connectivity index (χ1) is 21.8. The summed E-state index contributed by atoms with van der Waals surface area (Å²) in [7, 11) is 0. The molecule has 0 spiro atoms. The molecule has 13 nitrogen and oxygen atoms in total. The Balaban J connectivity index is 1.36. The number of hydrogen-bond donors (Lipinski definition) is 6. The fourth-order valence-corrected chi connectivity index (χ4v) is 6.38. The van der Waals surface area contributed by atoms with Crippen molar-refractivity contribution in [2.75, 3.05) is 29.9 Å². The number of imidazole rings is 1. The Morgan fingerprint density at radius 2 is 1.67 bits per heavy atom. The number of anilines is 2. The summed E-state index contributed by atoms with van der Waals surface area (Å²) >= 11 is 0. The van der Waals surface area contributed by atoms with Gasteiger partial charge in [-0.15, -0.1) is 0 Å². The van der Waals surface area contributed by atoms with E-state index in [-0.39, 0.29) is 24.3 Å². The van der Waals surface area contributed by atoms with Gasteiger partial charge in [0.05, 0.1) is 24.5 Å². The molecule has 13 heteroatoms. The number of rotatable bonds is 10. The molecule has 1 aliphatic carbocycles. The lowest BCUT2D eigenvalue weighted by Crippen LogP contribution is -2.42. The van der Waals surface area contributed by atoms with Crippen LogP contribution in [0.5, 0.6) is 0 Å². The molecule has 0 unspecified atom stereocenters. The quantitative estimate of drug-likeness (QED) is 0.156. The molecule has 5 atom stereocenters. The van der Waals surface area contributed by atoms with E-state index in [4.69, 9.17) is 9.97 Å². The summed E-state index contributed by atoms with van der Waals surface area (Å²) in [6.45, 7) is 3.19. The highest BCUT2D eigenvalue weighted by molar-refractivity contribution is 5.84. The number of benzene rings is 2. The van der Waals surface area contributed by atoms with Gasteiger partial charge in [0.15, 0.2) is 17.0 Å². The standard InChI is InChI=1S/C32H38N8O5/c1-2-25(41)36-23-15-24(28(43)27(23)42)40-18-34-26-29(37-31(38-30(26)40)39-14-13-21(17-39)35-32(44)45)33-16-22(19-9-5-3-6-10-19)20-11-7-4-8-12-20/h3-12,18,21-24,27-28,35,42-43H,2,13-17H2,1H3,(H,36,41)(H,44,45)(H,33,37,38)/t21-,23+,24-,27-,28+/m1/s1. The van der Waals surface area contributed by atoms with Crippen LogP contribution in [0.3, 0.4) is 0 Å². The Labute approximate surface area is 260 Å². The molecule has 236 valence electrons. The molecule has 45 heavy (non-hydrogen) atoms. The van der Waals surface area contributed by atoms with Crippen molar-refractivity contribution in [3.05, 3.63) is 78.1 Å². The normalized spacial score (nSPS) is 23.0. The lowest BCUT2D eigenvalue weighted by molar-refractivity contribution is -0.122. The van der Waals surface area contributed by atoms with E-state index in [1.807, 2.05) is 41.3 Å². The maximum absolute atomic E-state index is 12.1. The average Bonchev–Trinajstić information content (AvgIpc) is 3.76. The van der Waals surface area contributed by atoms with Crippen molar-refractivity contribution >= 4 is 34.9 Å². The summed E-state index contributed by atoms with van der Waals surface area (Å²) in [4.78, 5) is 39.7. The van der Waals surface area contributed by atoms with Gasteiger partial charge in [-0.2, -0.15) is 9.97 Å². The number of aliphatic hydroxyl groups is 2. The number of carbonyl (C=O) groups is 2. The molecule has 1 saturated heterocycles. The van der Waals surface area contributed by atoms with Gasteiger partial charge in [-0.3, -0.25) is 4.79 Å². The minimum Gasteiger partial charge on any atom is -0.465 e. The fourth-order valence-electron chi connectivity index (χ4n) is 6.38. The van der Waals surface area contributed by atoms with Gasteiger partial charge in [-0.25, -0.2) is 9.78 Å². The number of fused-ring (bicyclic) bond motifs is 1. The molecule has 2 fully saturated rings. The van der Waals surface area contributed by atoms with E-state index in [1.54, 1.807) is 17.8 Å². The molecule has 2 aromatic heterocycles. The van der Waals surface area contributed by atoms with Gasteiger partial charge < -0.3 is 40.7 Å². The maximum atomic E-state index is 12.1. The number of nitrogens with zero attached hydrogens (tertiary/aromatic N) is 5. The van der Waals surface area contributed by atoms with Gasteiger partial charge in [0.2, 0.25) is 11.9 Å². The number of aromatic nitrogens is 4. The SMILES string of the molecule is CCC(=O)N[C@H]1C[C@@H](n2cnc3c(NCC(c4ccccc4)c4ccccc4)nc(N4CC[C@@H](NC(=O)O)C4)nc32)[C@H](O)[C@@H]1O. The van der Waals surface area contributed by atoms with Crippen LogP contribution in [0.15, 0.2) is 67.0 Å². The molecule has 1 saturated carbocycles. The van der Waals surface area contributed by atoms with Gasteiger partial charge >= 0.3 is 6.09 Å². The molecule has 4 aromatic rings. The Kier molecular flexibility index (Phi) is 8.80. The molecule has 1 aliphatic heterocycles. The number of aliphatic hydroxyl groups excluding tert-OH is 2. The third-order valence-electron chi connectivity index (χ3n) is 8.76. The van der Waals surface area contributed by atoms with Crippen LogP contribution < -0.4 is 20.9 Å². The molecular formula is C32H38N8O5. The van der Waals surface area contributed by atoms with Crippen molar-refractivity contribution in [3.63, 3.8) is 0 Å². The Bertz CT molecular complexity index is 1600. The molecule has 2 amide bonds. The summed E-state index contributed by atoms with van der Waals surface area (Å²) < 4.78 is 1.74.